The van der Waals surface area contributed by atoms with Crippen molar-refractivity contribution in [3.63, 3.8) is 0 Å². The van der Waals surface area contributed by atoms with E-state index in [1.165, 1.54) is 17.8 Å². The van der Waals surface area contributed by atoms with Crippen LogP contribution in [-0.2, 0) is 5.75 Å². The minimum Gasteiger partial charge on any atom is -0.476 e. The van der Waals surface area contributed by atoms with Crippen LogP contribution in [0.25, 0.3) is 0 Å². The molecule has 0 fully saturated rings. The summed E-state index contributed by atoms with van der Waals surface area (Å²) in [7, 11) is 0. The predicted octanol–water partition coefficient (Wildman–Crippen LogP) is 1.09. The van der Waals surface area contributed by atoms with Crippen LogP contribution in [0.3, 0.4) is 0 Å². The first-order valence-corrected chi connectivity index (χ1v) is 5.34. The molecule has 2 N–H and O–H groups in total. The van der Waals surface area contributed by atoms with E-state index < -0.39 is 5.97 Å². The third kappa shape index (κ3) is 2.40. The first-order valence-electron chi connectivity index (χ1n) is 4.36. The zero-order valence-electron chi connectivity index (χ0n) is 8.30. The molecule has 0 amide bonds. The van der Waals surface area contributed by atoms with Crippen LogP contribution < -0.4 is 0 Å². The van der Waals surface area contributed by atoms with Crippen molar-refractivity contribution in [3.05, 3.63) is 23.3 Å². The third-order valence-electron chi connectivity index (χ3n) is 1.70. The highest BCUT2D eigenvalue weighted by atomic mass is 32.2. The molecule has 2 rings (SSSR count). The standard InChI is InChI=1S/C8H8N4O3S/c1-4-9-8(11-10-4)16-3-5-2-6(7(13)14)12-15-5/h2H,3H2,1H3,(H,13,14)(H,9,10,11). The molecule has 0 atom stereocenters. The summed E-state index contributed by atoms with van der Waals surface area (Å²) >= 11 is 1.34. The molecule has 84 valence electrons. The van der Waals surface area contributed by atoms with E-state index in [0.29, 0.717) is 16.7 Å². The molecular weight excluding hydrogens is 232 g/mol. The molecule has 0 saturated carbocycles. The lowest BCUT2D eigenvalue weighted by Gasteiger charge is -1.89. The Morgan fingerprint density at radius 1 is 1.69 bits per heavy atom. The molecule has 2 aromatic heterocycles. The highest BCUT2D eigenvalue weighted by Crippen LogP contribution is 2.19. The van der Waals surface area contributed by atoms with Gasteiger partial charge in [-0.25, -0.2) is 9.78 Å². The number of nitrogens with zero attached hydrogens (tertiary/aromatic N) is 3. The molecule has 7 nitrogen and oxygen atoms in total. The van der Waals surface area contributed by atoms with Crippen molar-refractivity contribution in [2.75, 3.05) is 0 Å². The minimum atomic E-state index is -1.10. The highest BCUT2D eigenvalue weighted by Gasteiger charge is 2.11. The summed E-state index contributed by atoms with van der Waals surface area (Å²) < 4.78 is 4.84. The Kier molecular flexibility index (Phi) is 2.91. The van der Waals surface area contributed by atoms with E-state index in [0.717, 1.165) is 5.82 Å². The van der Waals surface area contributed by atoms with Crippen LogP contribution >= 0.6 is 11.8 Å². The number of thioether (sulfide) groups is 1. The first-order chi connectivity index (χ1) is 7.65. The molecule has 2 aromatic rings. The Labute approximate surface area is 94.2 Å². The van der Waals surface area contributed by atoms with Crippen molar-refractivity contribution in [1.82, 2.24) is 20.3 Å². The zero-order valence-corrected chi connectivity index (χ0v) is 9.11. The van der Waals surface area contributed by atoms with Gasteiger partial charge in [-0.1, -0.05) is 16.9 Å². The molecule has 0 aliphatic rings. The van der Waals surface area contributed by atoms with Gasteiger partial charge in [-0.15, -0.1) is 5.10 Å². The molecule has 0 aliphatic heterocycles. The van der Waals surface area contributed by atoms with Gasteiger partial charge in [0.15, 0.2) is 5.69 Å². The number of aromatic carboxylic acids is 1. The lowest BCUT2D eigenvalue weighted by molar-refractivity contribution is 0.0685. The number of carbonyl (C=O) groups is 1. The van der Waals surface area contributed by atoms with E-state index in [1.54, 1.807) is 6.92 Å². The van der Waals surface area contributed by atoms with Crippen LogP contribution in [0, 0.1) is 6.92 Å². The number of nitrogens with one attached hydrogen (secondary N) is 1. The Balaban J connectivity index is 1.97. The fourth-order valence-corrected chi connectivity index (χ4v) is 1.72. The van der Waals surface area contributed by atoms with Gasteiger partial charge in [0.2, 0.25) is 5.16 Å². The van der Waals surface area contributed by atoms with E-state index in [4.69, 9.17) is 9.63 Å². The summed E-state index contributed by atoms with van der Waals surface area (Å²) in [6.45, 7) is 1.80. The first kappa shape index (κ1) is 10.7. The molecule has 0 bridgehead atoms. The number of aryl methyl sites for hydroxylation is 1. The molecule has 0 radical (unpaired) electrons. The van der Waals surface area contributed by atoms with E-state index in [9.17, 15) is 4.79 Å². The molecule has 0 saturated heterocycles. The number of aromatic amines is 1. The minimum absolute atomic E-state index is 0.0956. The quantitative estimate of drug-likeness (QED) is 0.770. The zero-order chi connectivity index (χ0) is 11.5. The number of H-pyrrole nitrogens is 1. The maximum atomic E-state index is 10.5. The summed E-state index contributed by atoms with van der Waals surface area (Å²) in [6, 6.07) is 1.38. The monoisotopic (exact) mass is 240 g/mol. The largest absolute Gasteiger partial charge is 0.476 e. The van der Waals surface area contributed by atoms with Gasteiger partial charge in [-0.3, -0.25) is 5.10 Å². The predicted molar refractivity (Wildman–Crippen MR) is 54.1 cm³/mol. The number of carboxylic acids is 1. The second-order valence-electron chi connectivity index (χ2n) is 2.98. The van der Waals surface area contributed by atoms with Gasteiger partial charge in [0, 0.05) is 6.07 Å². The fourth-order valence-electron chi connectivity index (χ4n) is 1.00. The van der Waals surface area contributed by atoms with E-state index in [-0.39, 0.29) is 5.69 Å². The topological polar surface area (TPSA) is 105 Å². The molecule has 0 spiro atoms. The maximum Gasteiger partial charge on any atom is 0.358 e. The van der Waals surface area contributed by atoms with E-state index >= 15 is 0 Å². The van der Waals surface area contributed by atoms with Crippen molar-refractivity contribution in [2.24, 2.45) is 0 Å². The average Bonchev–Trinajstić information content (AvgIpc) is 2.83. The Bertz CT molecular complexity index is 507. The summed E-state index contributed by atoms with van der Waals surface area (Å²) in [6.07, 6.45) is 0. The lowest BCUT2D eigenvalue weighted by atomic mass is 10.4. The third-order valence-corrected chi connectivity index (χ3v) is 2.57. The van der Waals surface area contributed by atoms with Crippen molar-refractivity contribution < 1.29 is 14.4 Å². The van der Waals surface area contributed by atoms with Crippen LogP contribution in [0.4, 0.5) is 0 Å². The van der Waals surface area contributed by atoms with Gasteiger partial charge in [0.1, 0.15) is 11.6 Å². The van der Waals surface area contributed by atoms with Crippen molar-refractivity contribution in [2.45, 2.75) is 17.8 Å². The van der Waals surface area contributed by atoms with Crippen molar-refractivity contribution in [3.8, 4) is 0 Å². The van der Waals surface area contributed by atoms with Crippen molar-refractivity contribution in [1.29, 1.82) is 0 Å². The number of carboxylic acid groups (broad SMARTS) is 1. The van der Waals surface area contributed by atoms with Crippen LogP contribution in [-0.4, -0.2) is 31.4 Å². The fraction of sp³-hybridized carbons (Fsp3) is 0.250. The molecular formula is C8H8N4O3S. The van der Waals surface area contributed by atoms with Crippen molar-refractivity contribution >= 4 is 17.7 Å². The number of hydrogen-bond acceptors (Lipinski definition) is 6. The second kappa shape index (κ2) is 4.35. The molecule has 0 unspecified atom stereocenters. The van der Waals surface area contributed by atoms with Gasteiger partial charge in [0.05, 0.1) is 5.75 Å². The van der Waals surface area contributed by atoms with Gasteiger partial charge in [-0.05, 0) is 6.92 Å². The number of rotatable bonds is 4. The van der Waals surface area contributed by atoms with Gasteiger partial charge in [0.25, 0.3) is 0 Å². The van der Waals surface area contributed by atoms with Crippen LogP contribution in [0.1, 0.15) is 22.1 Å². The Morgan fingerprint density at radius 2 is 2.50 bits per heavy atom. The Hall–Kier alpha value is -1.83. The highest BCUT2D eigenvalue weighted by molar-refractivity contribution is 7.98. The Morgan fingerprint density at radius 3 is 3.06 bits per heavy atom. The lowest BCUT2D eigenvalue weighted by Crippen LogP contribution is -1.94. The van der Waals surface area contributed by atoms with Gasteiger partial charge >= 0.3 is 5.97 Å². The van der Waals surface area contributed by atoms with Crippen LogP contribution in [0.5, 0.6) is 0 Å². The summed E-state index contributed by atoms with van der Waals surface area (Å²) in [4.78, 5) is 14.6. The van der Waals surface area contributed by atoms with Crippen LogP contribution in [0.2, 0.25) is 0 Å². The summed E-state index contributed by atoms with van der Waals surface area (Å²) in [5.74, 6) is 0.544. The number of hydrogen-bond donors (Lipinski definition) is 2. The average molecular weight is 240 g/mol. The molecule has 0 aromatic carbocycles. The smallest absolute Gasteiger partial charge is 0.358 e. The summed E-state index contributed by atoms with van der Waals surface area (Å²) in [5.41, 5.74) is -0.0956. The molecule has 16 heavy (non-hydrogen) atoms. The van der Waals surface area contributed by atoms with Gasteiger partial charge in [-0.2, -0.15) is 0 Å². The molecule has 2 heterocycles. The molecule has 8 heteroatoms. The van der Waals surface area contributed by atoms with Gasteiger partial charge < -0.3 is 9.63 Å². The maximum absolute atomic E-state index is 10.5. The normalized spacial score (nSPS) is 10.6. The number of aromatic nitrogens is 4. The SMILES string of the molecule is Cc1nc(SCc2cc(C(=O)O)no2)n[nH]1. The molecule has 0 aliphatic carbocycles. The van der Waals surface area contributed by atoms with Crippen LogP contribution in [0.15, 0.2) is 15.7 Å². The van der Waals surface area contributed by atoms with E-state index in [1.807, 2.05) is 0 Å². The summed E-state index contributed by atoms with van der Waals surface area (Å²) in [5, 5.41) is 19.2. The van der Waals surface area contributed by atoms with E-state index in [2.05, 4.69) is 20.3 Å². The second-order valence-corrected chi connectivity index (χ2v) is 3.92.